The molecule has 0 aromatic carbocycles. The molecule has 4 saturated heterocycles. The molecule has 15 heteroatoms. The number of rotatable bonds is 8. The van der Waals surface area contributed by atoms with Crippen LogP contribution < -0.4 is 10.6 Å². The zero-order chi connectivity index (χ0) is 30.6. The van der Waals surface area contributed by atoms with Crippen LogP contribution in [-0.4, -0.2) is 118 Å². The Balaban J connectivity index is 1.60. The summed E-state index contributed by atoms with van der Waals surface area (Å²) < 4.78 is 57.5. The van der Waals surface area contributed by atoms with E-state index < -0.39 is 89.9 Å². The summed E-state index contributed by atoms with van der Waals surface area (Å²) in [7, 11) is 3.96. The molecule has 2 N–H and O–H groups in total. The number of carbonyl (C=O) groups excluding carboxylic acids is 3. The van der Waals surface area contributed by atoms with Crippen molar-refractivity contribution < 1.29 is 61.8 Å². The molecule has 2 amide bonds. The molecule has 0 saturated carbocycles. The summed E-state index contributed by atoms with van der Waals surface area (Å²) >= 11 is 0. The van der Waals surface area contributed by atoms with Gasteiger partial charge in [-0.2, -0.15) is 0 Å². The van der Waals surface area contributed by atoms with Gasteiger partial charge in [-0.3, -0.25) is 4.79 Å². The number of ether oxygens (including phenoxy) is 10. The first-order valence-corrected chi connectivity index (χ1v) is 13.4. The van der Waals surface area contributed by atoms with Gasteiger partial charge >= 0.3 is 12.1 Å². The van der Waals surface area contributed by atoms with Crippen LogP contribution in [0, 0.1) is 0 Å². The third-order valence-corrected chi connectivity index (χ3v) is 7.17. The SMILES string of the molecule is COC(=O)[C@]1(CNC(=O)[C@]2(CNC(=O)OC(C)(C)C)O[C@@H]3OC(C)(C)O[C@@H]3[C@H]2OC)O[C@@H]2OC(C)(C)O[C@@H]2[C@H]1OC. The second-order valence-corrected chi connectivity index (χ2v) is 12.3. The first-order valence-electron chi connectivity index (χ1n) is 13.4. The molecule has 0 bridgehead atoms. The predicted octanol–water partition coefficient (Wildman–Crippen LogP) is 0.324. The van der Waals surface area contributed by atoms with Gasteiger partial charge in [0, 0.05) is 14.2 Å². The molecular formula is C26H42N2O13. The summed E-state index contributed by atoms with van der Waals surface area (Å²) in [4.78, 5) is 39.8. The van der Waals surface area contributed by atoms with E-state index in [0.717, 1.165) is 0 Å². The minimum atomic E-state index is -1.86. The van der Waals surface area contributed by atoms with Crippen molar-refractivity contribution in [2.45, 2.75) is 114 Å². The van der Waals surface area contributed by atoms with E-state index in [1.165, 1.54) is 21.3 Å². The van der Waals surface area contributed by atoms with Crippen LogP contribution in [0.25, 0.3) is 0 Å². The van der Waals surface area contributed by atoms with Gasteiger partial charge in [-0.1, -0.05) is 0 Å². The van der Waals surface area contributed by atoms with Crippen LogP contribution in [-0.2, 0) is 57.0 Å². The number of fused-ring (bicyclic) bond motifs is 2. The van der Waals surface area contributed by atoms with Gasteiger partial charge in [-0.15, -0.1) is 0 Å². The van der Waals surface area contributed by atoms with Crippen molar-refractivity contribution >= 4 is 18.0 Å². The van der Waals surface area contributed by atoms with Crippen molar-refractivity contribution in [3.63, 3.8) is 0 Å². The summed E-state index contributed by atoms with van der Waals surface area (Å²) in [6.45, 7) is 11.1. The minimum absolute atomic E-state index is 0.377. The summed E-state index contributed by atoms with van der Waals surface area (Å²) in [5, 5.41) is 5.30. The Morgan fingerprint density at radius 3 is 1.63 bits per heavy atom. The van der Waals surface area contributed by atoms with Crippen LogP contribution in [0.4, 0.5) is 4.79 Å². The lowest BCUT2D eigenvalue weighted by atomic mass is 9.91. The zero-order valence-electron chi connectivity index (χ0n) is 25.2. The molecule has 234 valence electrons. The molecule has 0 aromatic rings. The topological polar surface area (TPSA) is 168 Å². The maximum atomic E-state index is 14.1. The van der Waals surface area contributed by atoms with Crippen molar-refractivity contribution in [3.8, 4) is 0 Å². The Morgan fingerprint density at radius 1 is 0.707 bits per heavy atom. The second kappa shape index (κ2) is 10.9. The van der Waals surface area contributed by atoms with E-state index in [-0.39, 0.29) is 6.54 Å². The first-order chi connectivity index (χ1) is 18.9. The highest BCUT2D eigenvalue weighted by Gasteiger charge is 2.69. The summed E-state index contributed by atoms with van der Waals surface area (Å²) in [6.07, 6.45) is -6.38. The Bertz CT molecular complexity index is 1030. The molecule has 4 aliphatic heterocycles. The molecule has 4 fully saturated rings. The normalized spacial score (nSPS) is 38.7. The van der Waals surface area contributed by atoms with E-state index in [0.29, 0.717) is 0 Å². The Morgan fingerprint density at radius 2 is 1.17 bits per heavy atom. The maximum Gasteiger partial charge on any atom is 0.407 e. The fourth-order valence-corrected chi connectivity index (χ4v) is 5.67. The highest BCUT2D eigenvalue weighted by Crippen LogP contribution is 2.46. The van der Waals surface area contributed by atoms with Crippen LogP contribution in [0.15, 0.2) is 0 Å². The van der Waals surface area contributed by atoms with Crippen molar-refractivity contribution in [3.05, 3.63) is 0 Å². The lowest BCUT2D eigenvalue weighted by Crippen LogP contribution is -2.65. The van der Waals surface area contributed by atoms with Crippen molar-refractivity contribution in [1.82, 2.24) is 10.6 Å². The molecule has 4 rings (SSSR count). The Hall–Kier alpha value is -2.11. The summed E-state index contributed by atoms with van der Waals surface area (Å²) in [5.74, 6) is -3.55. The highest BCUT2D eigenvalue weighted by atomic mass is 16.9. The molecule has 4 aliphatic rings. The standard InChI is InChI=1S/C26H42N2O13/c1-22(2,3)41-21(31)28-11-25(15(32-8)13-17(39-25)37-23(4,5)35-13)19(29)27-12-26(20(30)34-10)16(33-9)14-18(40-26)38-24(6,7)36-14/h13-18H,11-12H2,1-10H3,(H,27,29)(H,28,31)/t13-,14-,15-,16-,17+,18+,25-,26-/m1/s1. The smallest absolute Gasteiger partial charge is 0.407 e. The Kier molecular flexibility index (Phi) is 8.43. The largest absolute Gasteiger partial charge is 0.467 e. The lowest BCUT2D eigenvalue weighted by molar-refractivity contribution is -0.246. The van der Waals surface area contributed by atoms with Gasteiger partial charge in [0.15, 0.2) is 29.8 Å². The van der Waals surface area contributed by atoms with E-state index >= 15 is 0 Å². The summed E-state index contributed by atoms with van der Waals surface area (Å²) in [6, 6.07) is 0. The molecule has 4 heterocycles. The van der Waals surface area contributed by atoms with Gasteiger partial charge < -0.3 is 58.0 Å². The van der Waals surface area contributed by atoms with Crippen molar-refractivity contribution in [1.29, 1.82) is 0 Å². The third-order valence-electron chi connectivity index (χ3n) is 7.17. The van der Waals surface area contributed by atoms with Crippen molar-refractivity contribution in [2.24, 2.45) is 0 Å². The third kappa shape index (κ3) is 5.91. The molecule has 0 spiro atoms. The van der Waals surface area contributed by atoms with E-state index in [1.807, 2.05) is 0 Å². The van der Waals surface area contributed by atoms with E-state index in [4.69, 9.17) is 47.4 Å². The Labute approximate surface area is 239 Å². The number of amides is 2. The van der Waals surface area contributed by atoms with Crippen LogP contribution >= 0.6 is 0 Å². The molecule has 0 aromatic heterocycles. The molecule has 41 heavy (non-hydrogen) atoms. The number of hydrogen-bond donors (Lipinski definition) is 2. The molecule has 0 aliphatic carbocycles. The van der Waals surface area contributed by atoms with Gasteiger partial charge in [0.2, 0.25) is 5.60 Å². The van der Waals surface area contributed by atoms with Gasteiger partial charge in [-0.25, -0.2) is 9.59 Å². The molecular weight excluding hydrogens is 548 g/mol. The number of esters is 1. The van der Waals surface area contributed by atoms with Gasteiger partial charge in [0.1, 0.15) is 30.0 Å². The van der Waals surface area contributed by atoms with Crippen LogP contribution in [0.2, 0.25) is 0 Å². The fourth-order valence-electron chi connectivity index (χ4n) is 5.67. The number of alkyl carbamates (subject to hydrolysis) is 1. The molecule has 0 unspecified atom stereocenters. The van der Waals surface area contributed by atoms with Crippen molar-refractivity contribution in [2.75, 3.05) is 34.4 Å². The van der Waals surface area contributed by atoms with E-state index in [2.05, 4.69) is 10.6 Å². The van der Waals surface area contributed by atoms with E-state index in [1.54, 1.807) is 48.5 Å². The predicted molar refractivity (Wildman–Crippen MR) is 136 cm³/mol. The lowest BCUT2D eigenvalue weighted by Gasteiger charge is -2.37. The number of hydrogen-bond acceptors (Lipinski definition) is 13. The van der Waals surface area contributed by atoms with Crippen LogP contribution in [0.1, 0.15) is 48.5 Å². The number of carbonyl (C=O) groups is 3. The van der Waals surface area contributed by atoms with Gasteiger partial charge in [0.25, 0.3) is 5.91 Å². The quantitative estimate of drug-likeness (QED) is 0.371. The average Bonchev–Trinajstić information content (AvgIpc) is 3.50. The minimum Gasteiger partial charge on any atom is -0.467 e. The van der Waals surface area contributed by atoms with Crippen LogP contribution in [0.3, 0.4) is 0 Å². The fraction of sp³-hybridized carbons (Fsp3) is 0.885. The number of methoxy groups -OCH3 is 3. The van der Waals surface area contributed by atoms with E-state index in [9.17, 15) is 14.4 Å². The maximum absolute atomic E-state index is 14.1. The zero-order valence-corrected chi connectivity index (χ0v) is 25.2. The first kappa shape index (κ1) is 31.8. The monoisotopic (exact) mass is 590 g/mol. The second-order valence-electron chi connectivity index (χ2n) is 12.3. The van der Waals surface area contributed by atoms with Gasteiger partial charge in [-0.05, 0) is 48.5 Å². The molecule has 8 atom stereocenters. The average molecular weight is 591 g/mol. The molecule has 15 nitrogen and oxygen atoms in total. The molecule has 0 radical (unpaired) electrons. The van der Waals surface area contributed by atoms with Crippen LogP contribution in [0.5, 0.6) is 0 Å². The van der Waals surface area contributed by atoms with Gasteiger partial charge in [0.05, 0.1) is 20.2 Å². The highest BCUT2D eigenvalue weighted by molar-refractivity contribution is 5.89. The number of nitrogens with one attached hydrogen (secondary N) is 2. The summed E-state index contributed by atoms with van der Waals surface area (Å²) in [5.41, 5.74) is -4.49.